The van der Waals surface area contributed by atoms with Crippen molar-refractivity contribution in [2.75, 3.05) is 13.2 Å². The van der Waals surface area contributed by atoms with Gasteiger partial charge in [0.25, 0.3) is 0 Å². The number of nitrogens with zero attached hydrogens (tertiary/aromatic N) is 1. The Morgan fingerprint density at radius 1 is 1.53 bits per heavy atom. The van der Waals surface area contributed by atoms with Crippen LogP contribution in [-0.4, -0.2) is 18.3 Å². The predicted octanol–water partition coefficient (Wildman–Crippen LogP) is 2.05. The first-order valence-corrected chi connectivity index (χ1v) is 5.01. The van der Waals surface area contributed by atoms with Gasteiger partial charge in [-0.05, 0) is 18.6 Å². The van der Waals surface area contributed by atoms with Crippen molar-refractivity contribution in [1.82, 2.24) is 0 Å². The molecule has 1 rings (SSSR count). The van der Waals surface area contributed by atoms with E-state index >= 15 is 0 Å². The highest BCUT2D eigenvalue weighted by Crippen LogP contribution is 2.27. The second kappa shape index (κ2) is 5.38. The first kappa shape index (κ1) is 11.5. The number of hydrogen-bond acceptors (Lipinski definition) is 3. The maximum absolute atomic E-state index is 9.08. The Labute approximate surface area is 89.9 Å². The number of nitriles is 1. The molecular formula is C12H15NO2. The molecule has 0 spiro atoms. The van der Waals surface area contributed by atoms with E-state index in [1.807, 2.05) is 26.0 Å². The lowest BCUT2D eigenvalue weighted by atomic mass is 9.96. The zero-order chi connectivity index (χ0) is 11.3. The quantitative estimate of drug-likeness (QED) is 0.818. The average Bonchev–Trinajstić information content (AvgIpc) is 2.28. The predicted molar refractivity (Wildman–Crippen MR) is 57.8 cm³/mol. The fraction of sp³-hybridized carbons (Fsp3) is 0.417. The van der Waals surface area contributed by atoms with Gasteiger partial charge in [-0.15, -0.1) is 0 Å². The van der Waals surface area contributed by atoms with Crippen molar-refractivity contribution in [1.29, 1.82) is 5.26 Å². The van der Waals surface area contributed by atoms with Crippen molar-refractivity contribution < 1.29 is 9.84 Å². The van der Waals surface area contributed by atoms with Crippen LogP contribution in [0.25, 0.3) is 0 Å². The van der Waals surface area contributed by atoms with Crippen molar-refractivity contribution >= 4 is 0 Å². The van der Waals surface area contributed by atoms with Gasteiger partial charge in [0.1, 0.15) is 11.8 Å². The lowest BCUT2D eigenvalue weighted by Crippen LogP contribution is -2.04. The van der Waals surface area contributed by atoms with Crippen LogP contribution < -0.4 is 4.74 Å². The van der Waals surface area contributed by atoms with Gasteiger partial charge >= 0.3 is 0 Å². The summed E-state index contributed by atoms with van der Waals surface area (Å²) in [6, 6.07) is 7.59. The van der Waals surface area contributed by atoms with E-state index in [4.69, 9.17) is 15.1 Å². The Balaban J connectivity index is 3.17. The van der Waals surface area contributed by atoms with E-state index in [0.717, 1.165) is 5.56 Å². The van der Waals surface area contributed by atoms with Gasteiger partial charge in [0, 0.05) is 12.5 Å². The van der Waals surface area contributed by atoms with Crippen LogP contribution in [0.15, 0.2) is 18.2 Å². The summed E-state index contributed by atoms with van der Waals surface area (Å²) in [4.78, 5) is 0. The second-order valence-electron chi connectivity index (χ2n) is 3.35. The molecule has 80 valence electrons. The first-order valence-electron chi connectivity index (χ1n) is 5.01. The maximum Gasteiger partial charge on any atom is 0.137 e. The van der Waals surface area contributed by atoms with E-state index in [-0.39, 0.29) is 12.5 Å². The summed E-state index contributed by atoms with van der Waals surface area (Å²) in [7, 11) is 0. The largest absolute Gasteiger partial charge is 0.492 e. The Hall–Kier alpha value is -1.53. The Morgan fingerprint density at radius 3 is 2.80 bits per heavy atom. The van der Waals surface area contributed by atoms with Gasteiger partial charge in [0.15, 0.2) is 0 Å². The van der Waals surface area contributed by atoms with E-state index in [0.29, 0.717) is 17.9 Å². The summed E-state index contributed by atoms with van der Waals surface area (Å²) < 4.78 is 5.36. The van der Waals surface area contributed by atoms with E-state index in [1.54, 1.807) is 6.07 Å². The Kier molecular flexibility index (Phi) is 4.14. The summed E-state index contributed by atoms with van der Waals surface area (Å²) in [5.41, 5.74) is 1.37. The second-order valence-corrected chi connectivity index (χ2v) is 3.35. The fourth-order valence-corrected chi connectivity index (χ4v) is 1.45. The normalized spacial score (nSPS) is 11.9. The molecule has 1 N–H and O–H groups in total. The number of ether oxygens (including phenoxy) is 1. The molecule has 1 aromatic rings. The molecule has 1 atom stereocenters. The molecule has 0 saturated carbocycles. The molecule has 0 aliphatic heterocycles. The van der Waals surface area contributed by atoms with Crippen molar-refractivity contribution in [2.45, 2.75) is 19.8 Å². The maximum atomic E-state index is 9.08. The molecule has 15 heavy (non-hydrogen) atoms. The van der Waals surface area contributed by atoms with Crippen LogP contribution in [0.1, 0.15) is 30.9 Å². The molecule has 0 saturated heterocycles. The zero-order valence-electron chi connectivity index (χ0n) is 9.03. The molecule has 0 aliphatic carbocycles. The molecule has 0 amide bonds. The Morgan fingerprint density at radius 2 is 2.27 bits per heavy atom. The van der Waals surface area contributed by atoms with Gasteiger partial charge in [-0.2, -0.15) is 5.26 Å². The lowest BCUT2D eigenvalue weighted by molar-refractivity contribution is 0.272. The number of benzene rings is 1. The van der Waals surface area contributed by atoms with Crippen molar-refractivity contribution in [3.63, 3.8) is 0 Å². The van der Waals surface area contributed by atoms with Gasteiger partial charge in [-0.1, -0.05) is 19.1 Å². The van der Waals surface area contributed by atoms with Gasteiger partial charge < -0.3 is 9.84 Å². The van der Waals surface area contributed by atoms with Crippen molar-refractivity contribution in [2.24, 2.45) is 0 Å². The van der Waals surface area contributed by atoms with Gasteiger partial charge in [-0.3, -0.25) is 0 Å². The van der Waals surface area contributed by atoms with E-state index < -0.39 is 0 Å². The zero-order valence-corrected chi connectivity index (χ0v) is 9.03. The topological polar surface area (TPSA) is 53.2 Å². The minimum Gasteiger partial charge on any atom is -0.492 e. The minimum atomic E-state index is -0.0416. The molecule has 1 aromatic carbocycles. The van der Waals surface area contributed by atoms with Crippen molar-refractivity contribution in [3.05, 3.63) is 29.3 Å². The average molecular weight is 205 g/mol. The number of rotatable bonds is 4. The fourth-order valence-electron chi connectivity index (χ4n) is 1.45. The molecule has 0 aromatic heterocycles. The highest BCUT2D eigenvalue weighted by molar-refractivity contribution is 5.50. The molecule has 3 nitrogen and oxygen atoms in total. The number of aliphatic hydroxyl groups is 1. The van der Waals surface area contributed by atoms with E-state index in [1.165, 1.54) is 0 Å². The van der Waals surface area contributed by atoms with Gasteiger partial charge in [0.05, 0.1) is 12.2 Å². The SMILES string of the molecule is CCOc1cccc(C(C)CO)c1C#N. The van der Waals surface area contributed by atoms with Crippen LogP contribution in [0.3, 0.4) is 0 Å². The molecule has 0 radical (unpaired) electrons. The van der Waals surface area contributed by atoms with Crippen LogP contribution >= 0.6 is 0 Å². The highest BCUT2D eigenvalue weighted by atomic mass is 16.5. The van der Waals surface area contributed by atoms with Crippen LogP contribution in [-0.2, 0) is 0 Å². The Bertz CT molecular complexity index is 368. The third-order valence-electron chi connectivity index (χ3n) is 2.27. The molecule has 1 unspecified atom stereocenters. The standard InChI is InChI=1S/C12H15NO2/c1-3-15-12-6-4-5-10(9(2)8-14)11(12)7-13/h4-6,9,14H,3,8H2,1-2H3. The van der Waals surface area contributed by atoms with Gasteiger partial charge in [0.2, 0.25) is 0 Å². The third kappa shape index (κ3) is 2.48. The first-order chi connectivity index (χ1) is 7.24. The van der Waals surface area contributed by atoms with Crippen LogP contribution in [0.4, 0.5) is 0 Å². The number of hydrogen-bond donors (Lipinski definition) is 1. The smallest absolute Gasteiger partial charge is 0.137 e. The van der Waals surface area contributed by atoms with E-state index in [9.17, 15) is 0 Å². The summed E-state index contributed by atoms with van der Waals surface area (Å²) >= 11 is 0. The molecular weight excluding hydrogens is 190 g/mol. The van der Waals surface area contributed by atoms with Gasteiger partial charge in [-0.25, -0.2) is 0 Å². The molecule has 3 heteroatoms. The summed E-state index contributed by atoms with van der Waals surface area (Å²) in [6.45, 7) is 4.32. The highest BCUT2D eigenvalue weighted by Gasteiger charge is 2.13. The van der Waals surface area contributed by atoms with Crippen LogP contribution in [0.2, 0.25) is 0 Å². The van der Waals surface area contributed by atoms with Crippen LogP contribution in [0, 0.1) is 11.3 Å². The summed E-state index contributed by atoms with van der Waals surface area (Å²) in [6.07, 6.45) is 0. The minimum absolute atomic E-state index is 0.0320. The summed E-state index contributed by atoms with van der Waals surface area (Å²) in [5.74, 6) is 0.554. The van der Waals surface area contributed by atoms with Crippen molar-refractivity contribution in [3.8, 4) is 11.8 Å². The summed E-state index contributed by atoms with van der Waals surface area (Å²) in [5, 5.41) is 18.1. The third-order valence-corrected chi connectivity index (χ3v) is 2.27. The molecule has 0 bridgehead atoms. The van der Waals surface area contributed by atoms with Crippen LogP contribution in [0.5, 0.6) is 5.75 Å². The lowest BCUT2D eigenvalue weighted by Gasteiger charge is -2.13. The molecule has 0 fully saturated rings. The molecule has 0 aliphatic rings. The monoisotopic (exact) mass is 205 g/mol. The molecule has 0 heterocycles. The number of aliphatic hydroxyl groups excluding tert-OH is 1. The van der Waals surface area contributed by atoms with E-state index in [2.05, 4.69) is 6.07 Å².